The second-order valence-corrected chi connectivity index (χ2v) is 3.32. The maximum absolute atomic E-state index is 11.9. The van der Waals surface area contributed by atoms with Crippen LogP contribution >= 0.6 is 0 Å². The van der Waals surface area contributed by atoms with Crippen LogP contribution in [0.15, 0.2) is 30.9 Å². The van der Waals surface area contributed by atoms with Crippen LogP contribution in [0, 0.1) is 0 Å². The van der Waals surface area contributed by atoms with Crippen molar-refractivity contribution < 1.29 is 9.59 Å². The molecule has 6 heteroatoms. The van der Waals surface area contributed by atoms with E-state index in [1.165, 1.54) is 30.9 Å². The number of anilines is 1. The van der Waals surface area contributed by atoms with E-state index < -0.39 is 0 Å². The Morgan fingerprint density at radius 1 is 1.12 bits per heavy atom. The predicted molar refractivity (Wildman–Crippen MR) is 54.0 cm³/mol. The van der Waals surface area contributed by atoms with Gasteiger partial charge >= 0.3 is 0 Å². The van der Waals surface area contributed by atoms with Crippen molar-refractivity contribution in [3.8, 4) is 0 Å². The van der Waals surface area contributed by atoms with E-state index in [9.17, 15) is 9.59 Å². The van der Waals surface area contributed by atoms with Gasteiger partial charge in [0.1, 0.15) is 0 Å². The number of carbonyl (C=O) groups is 2. The molecule has 1 aliphatic rings. The molecule has 0 unspecified atom stereocenters. The molecule has 3 heterocycles. The molecule has 0 fully saturated rings. The Bertz CT molecular complexity index is 541. The van der Waals surface area contributed by atoms with Crippen LogP contribution in [0.4, 0.5) is 5.69 Å². The fourth-order valence-electron chi connectivity index (χ4n) is 1.69. The van der Waals surface area contributed by atoms with Gasteiger partial charge in [0, 0.05) is 18.6 Å². The number of hydrogen-bond donors (Lipinski definition) is 1. The minimum Gasteiger partial charge on any atom is -0.284 e. The number of fused-ring (bicyclic) bond motifs is 1. The standard InChI is InChI=1S/C10H6N4O2/c15-9-7-1-2-11-5-8(7)10(16)14(9)6-3-12-13-4-6/h1-5H,(H,12,13). The average molecular weight is 214 g/mol. The van der Waals surface area contributed by atoms with Crippen LogP contribution in [0.25, 0.3) is 0 Å². The van der Waals surface area contributed by atoms with Gasteiger partial charge in [0.2, 0.25) is 0 Å². The molecule has 0 aliphatic carbocycles. The van der Waals surface area contributed by atoms with Crippen LogP contribution in [0.2, 0.25) is 0 Å². The summed E-state index contributed by atoms with van der Waals surface area (Å²) in [5.74, 6) is -0.710. The number of aromatic amines is 1. The number of amides is 2. The predicted octanol–water partition coefficient (Wildman–Crippen LogP) is 0.605. The number of H-pyrrole nitrogens is 1. The number of imide groups is 1. The van der Waals surface area contributed by atoms with Crippen molar-refractivity contribution in [1.29, 1.82) is 0 Å². The summed E-state index contributed by atoms with van der Waals surface area (Å²) in [6.45, 7) is 0. The molecular weight excluding hydrogens is 208 g/mol. The van der Waals surface area contributed by atoms with E-state index in [2.05, 4.69) is 15.2 Å². The zero-order chi connectivity index (χ0) is 11.1. The second kappa shape index (κ2) is 2.99. The van der Waals surface area contributed by atoms with Crippen LogP contribution in [0.1, 0.15) is 20.7 Å². The minimum atomic E-state index is -0.366. The van der Waals surface area contributed by atoms with E-state index in [-0.39, 0.29) is 11.8 Å². The van der Waals surface area contributed by atoms with Gasteiger partial charge in [0.15, 0.2) is 0 Å². The van der Waals surface area contributed by atoms with Crippen LogP contribution in [-0.4, -0.2) is 27.0 Å². The van der Waals surface area contributed by atoms with E-state index in [0.717, 1.165) is 4.90 Å². The first-order valence-corrected chi connectivity index (χ1v) is 4.60. The average Bonchev–Trinajstić information content (AvgIpc) is 2.89. The van der Waals surface area contributed by atoms with Gasteiger partial charge < -0.3 is 0 Å². The van der Waals surface area contributed by atoms with Crippen molar-refractivity contribution in [2.75, 3.05) is 4.90 Å². The highest BCUT2D eigenvalue weighted by molar-refractivity contribution is 6.34. The zero-order valence-electron chi connectivity index (χ0n) is 8.04. The first-order valence-electron chi connectivity index (χ1n) is 4.60. The van der Waals surface area contributed by atoms with Crippen molar-refractivity contribution in [2.24, 2.45) is 0 Å². The van der Waals surface area contributed by atoms with E-state index in [0.29, 0.717) is 16.8 Å². The third-order valence-electron chi connectivity index (χ3n) is 2.43. The van der Waals surface area contributed by atoms with Gasteiger partial charge in [0.05, 0.1) is 23.0 Å². The molecule has 2 amide bonds. The summed E-state index contributed by atoms with van der Waals surface area (Å²) in [5.41, 5.74) is 1.14. The Balaban J connectivity index is 2.15. The van der Waals surface area contributed by atoms with Crippen molar-refractivity contribution in [1.82, 2.24) is 15.2 Å². The summed E-state index contributed by atoms with van der Waals surface area (Å²) < 4.78 is 0. The Kier molecular flexibility index (Phi) is 1.64. The molecule has 16 heavy (non-hydrogen) atoms. The van der Waals surface area contributed by atoms with E-state index in [4.69, 9.17) is 0 Å². The topological polar surface area (TPSA) is 79.0 Å². The highest BCUT2D eigenvalue weighted by Gasteiger charge is 2.37. The minimum absolute atomic E-state index is 0.328. The molecule has 6 nitrogen and oxygen atoms in total. The highest BCUT2D eigenvalue weighted by Crippen LogP contribution is 2.26. The zero-order valence-corrected chi connectivity index (χ0v) is 8.04. The Morgan fingerprint density at radius 3 is 2.62 bits per heavy atom. The summed E-state index contributed by atoms with van der Waals surface area (Å²) >= 11 is 0. The molecule has 1 aliphatic heterocycles. The van der Waals surface area contributed by atoms with Gasteiger partial charge in [-0.25, -0.2) is 4.90 Å². The van der Waals surface area contributed by atoms with Crippen LogP contribution in [0.3, 0.4) is 0 Å². The Morgan fingerprint density at radius 2 is 1.94 bits per heavy atom. The number of nitrogens with one attached hydrogen (secondary N) is 1. The summed E-state index contributed by atoms with van der Waals surface area (Å²) in [4.78, 5) is 28.8. The van der Waals surface area contributed by atoms with Gasteiger partial charge in [-0.3, -0.25) is 19.7 Å². The first kappa shape index (κ1) is 8.78. The van der Waals surface area contributed by atoms with E-state index in [1.807, 2.05) is 0 Å². The molecule has 0 saturated heterocycles. The smallest absolute Gasteiger partial charge is 0.267 e. The molecule has 0 radical (unpaired) electrons. The molecule has 0 atom stereocenters. The summed E-state index contributed by atoms with van der Waals surface area (Å²) in [6, 6.07) is 1.54. The molecule has 2 aromatic heterocycles. The third kappa shape index (κ3) is 1.01. The molecule has 0 spiro atoms. The lowest BCUT2D eigenvalue weighted by Gasteiger charge is -2.09. The first-order chi connectivity index (χ1) is 7.79. The number of hydrogen-bond acceptors (Lipinski definition) is 4. The highest BCUT2D eigenvalue weighted by atomic mass is 16.2. The van der Waals surface area contributed by atoms with E-state index >= 15 is 0 Å². The lowest BCUT2D eigenvalue weighted by Crippen LogP contribution is -2.28. The largest absolute Gasteiger partial charge is 0.284 e. The molecule has 0 bridgehead atoms. The summed E-state index contributed by atoms with van der Waals surface area (Å²) in [6.07, 6.45) is 5.81. The fourth-order valence-corrected chi connectivity index (χ4v) is 1.69. The number of aromatic nitrogens is 3. The number of carbonyl (C=O) groups excluding carboxylic acids is 2. The third-order valence-corrected chi connectivity index (χ3v) is 2.43. The molecule has 78 valence electrons. The van der Waals surface area contributed by atoms with Gasteiger partial charge in [-0.15, -0.1) is 0 Å². The monoisotopic (exact) mass is 214 g/mol. The quantitative estimate of drug-likeness (QED) is 0.705. The molecule has 0 aromatic carbocycles. The number of pyridine rings is 1. The lowest BCUT2D eigenvalue weighted by molar-refractivity contribution is 0.0926. The maximum Gasteiger partial charge on any atom is 0.267 e. The maximum atomic E-state index is 11.9. The number of rotatable bonds is 1. The van der Waals surface area contributed by atoms with Gasteiger partial charge in [-0.2, -0.15) is 5.10 Å². The normalized spacial score (nSPS) is 14.4. The van der Waals surface area contributed by atoms with Crippen LogP contribution in [-0.2, 0) is 0 Å². The number of nitrogens with zero attached hydrogens (tertiary/aromatic N) is 3. The molecule has 2 aromatic rings. The van der Waals surface area contributed by atoms with Crippen LogP contribution in [0.5, 0.6) is 0 Å². The summed E-state index contributed by atoms with van der Waals surface area (Å²) in [7, 11) is 0. The van der Waals surface area contributed by atoms with Gasteiger partial charge in [-0.05, 0) is 6.07 Å². The SMILES string of the molecule is O=C1c2ccncc2C(=O)N1c1cn[nH]c1. The molecule has 0 saturated carbocycles. The van der Waals surface area contributed by atoms with Crippen molar-refractivity contribution in [3.63, 3.8) is 0 Å². The molecule has 1 N–H and O–H groups in total. The molecule has 3 rings (SSSR count). The van der Waals surface area contributed by atoms with E-state index in [1.54, 1.807) is 0 Å². The van der Waals surface area contributed by atoms with Gasteiger partial charge in [-0.1, -0.05) is 0 Å². The van der Waals surface area contributed by atoms with Crippen molar-refractivity contribution >= 4 is 17.5 Å². The fraction of sp³-hybridized carbons (Fsp3) is 0. The Hall–Kier alpha value is -2.50. The van der Waals surface area contributed by atoms with Crippen molar-refractivity contribution in [3.05, 3.63) is 42.0 Å². The molecular formula is C10H6N4O2. The summed E-state index contributed by atoms with van der Waals surface area (Å²) in [5, 5.41) is 6.27. The van der Waals surface area contributed by atoms with Crippen molar-refractivity contribution in [2.45, 2.75) is 0 Å². The lowest BCUT2D eigenvalue weighted by atomic mass is 10.2. The van der Waals surface area contributed by atoms with Gasteiger partial charge in [0.25, 0.3) is 11.8 Å². The Labute approximate surface area is 89.9 Å². The van der Waals surface area contributed by atoms with Crippen LogP contribution < -0.4 is 4.90 Å². The second-order valence-electron chi connectivity index (χ2n) is 3.32.